The van der Waals surface area contributed by atoms with Crippen molar-refractivity contribution < 1.29 is 23.8 Å². The van der Waals surface area contributed by atoms with E-state index in [4.69, 9.17) is 25.8 Å². The van der Waals surface area contributed by atoms with Crippen molar-refractivity contribution >= 4 is 40.6 Å². The first-order chi connectivity index (χ1) is 14.9. The topological polar surface area (TPSA) is 65.1 Å². The summed E-state index contributed by atoms with van der Waals surface area (Å²) in [6, 6.07) is 11.5. The highest BCUT2D eigenvalue weighted by Crippen LogP contribution is 2.39. The van der Waals surface area contributed by atoms with Crippen molar-refractivity contribution in [3.8, 4) is 11.5 Å². The van der Waals surface area contributed by atoms with Crippen LogP contribution in [0.2, 0.25) is 5.02 Å². The summed E-state index contributed by atoms with van der Waals surface area (Å²) in [5.74, 6) is 0.573. The molecule has 0 radical (unpaired) electrons. The van der Waals surface area contributed by atoms with Gasteiger partial charge < -0.3 is 14.2 Å². The van der Waals surface area contributed by atoms with Gasteiger partial charge in [0, 0.05) is 7.11 Å². The van der Waals surface area contributed by atoms with Crippen LogP contribution in [0.25, 0.3) is 6.08 Å². The number of methoxy groups -OCH3 is 1. The number of benzene rings is 2. The van der Waals surface area contributed by atoms with Crippen molar-refractivity contribution in [1.82, 2.24) is 4.90 Å². The molecule has 2 aromatic carbocycles. The first-order valence-corrected chi connectivity index (χ1v) is 11.0. The van der Waals surface area contributed by atoms with Gasteiger partial charge in [0.05, 0.1) is 29.7 Å². The number of carbonyl (C=O) groups is 2. The molecule has 0 N–H and O–H groups in total. The molecule has 3 rings (SSSR count). The molecule has 0 spiro atoms. The van der Waals surface area contributed by atoms with E-state index in [0.717, 1.165) is 22.9 Å². The lowest BCUT2D eigenvalue weighted by molar-refractivity contribution is -0.123. The molecule has 1 saturated heterocycles. The second-order valence-electron chi connectivity index (χ2n) is 6.87. The zero-order chi connectivity index (χ0) is 22.4. The van der Waals surface area contributed by atoms with Crippen LogP contribution in [0.5, 0.6) is 11.5 Å². The van der Waals surface area contributed by atoms with E-state index in [9.17, 15) is 9.59 Å². The van der Waals surface area contributed by atoms with Gasteiger partial charge in [-0.1, -0.05) is 41.4 Å². The van der Waals surface area contributed by atoms with E-state index in [1.54, 1.807) is 18.2 Å². The SMILES string of the molecule is CCOc1cc(/C=C2/SC(=O)N(CCOC)C2=O)cc(Cl)c1OCc1cccc(C)c1. The Kier molecular flexibility index (Phi) is 8.01. The number of hydrogen-bond donors (Lipinski definition) is 0. The zero-order valence-corrected chi connectivity index (χ0v) is 19.2. The third kappa shape index (κ3) is 5.81. The zero-order valence-electron chi connectivity index (χ0n) is 17.6. The minimum Gasteiger partial charge on any atom is -0.490 e. The maximum atomic E-state index is 12.5. The molecule has 31 heavy (non-hydrogen) atoms. The molecule has 6 nitrogen and oxygen atoms in total. The molecular formula is C23H24ClNO5S. The number of thioether (sulfide) groups is 1. The van der Waals surface area contributed by atoms with Crippen molar-refractivity contribution in [2.45, 2.75) is 20.5 Å². The second-order valence-corrected chi connectivity index (χ2v) is 8.27. The first-order valence-electron chi connectivity index (χ1n) is 9.82. The average Bonchev–Trinajstić information content (AvgIpc) is 2.98. The normalized spacial score (nSPS) is 15.1. The van der Waals surface area contributed by atoms with E-state index in [2.05, 4.69) is 0 Å². The van der Waals surface area contributed by atoms with E-state index >= 15 is 0 Å². The smallest absolute Gasteiger partial charge is 0.293 e. The Hall–Kier alpha value is -2.48. The van der Waals surface area contributed by atoms with Crippen LogP contribution in [0.3, 0.4) is 0 Å². The minimum atomic E-state index is -0.346. The summed E-state index contributed by atoms with van der Waals surface area (Å²) in [5, 5.41) is 0.0472. The first kappa shape index (κ1) is 23.2. The van der Waals surface area contributed by atoms with Gasteiger partial charge in [0.1, 0.15) is 6.61 Å². The summed E-state index contributed by atoms with van der Waals surface area (Å²) in [4.78, 5) is 26.2. The van der Waals surface area contributed by atoms with Crippen molar-refractivity contribution in [2.75, 3.05) is 26.9 Å². The number of aryl methyl sites for hydroxylation is 1. The van der Waals surface area contributed by atoms with Crippen LogP contribution in [0.4, 0.5) is 4.79 Å². The fourth-order valence-electron chi connectivity index (χ4n) is 3.06. The largest absolute Gasteiger partial charge is 0.490 e. The Bertz CT molecular complexity index is 1010. The third-order valence-electron chi connectivity index (χ3n) is 4.49. The lowest BCUT2D eigenvalue weighted by Crippen LogP contribution is -2.31. The van der Waals surface area contributed by atoms with E-state index in [1.807, 2.05) is 38.1 Å². The van der Waals surface area contributed by atoms with E-state index in [1.165, 1.54) is 12.0 Å². The van der Waals surface area contributed by atoms with Crippen LogP contribution < -0.4 is 9.47 Å². The third-order valence-corrected chi connectivity index (χ3v) is 5.68. The lowest BCUT2D eigenvalue weighted by atomic mass is 10.1. The van der Waals surface area contributed by atoms with Crippen LogP contribution >= 0.6 is 23.4 Å². The molecule has 1 heterocycles. The van der Waals surface area contributed by atoms with Crippen molar-refractivity contribution in [3.63, 3.8) is 0 Å². The monoisotopic (exact) mass is 461 g/mol. The predicted octanol–water partition coefficient (Wildman–Crippen LogP) is 5.31. The highest BCUT2D eigenvalue weighted by Gasteiger charge is 2.34. The highest BCUT2D eigenvalue weighted by atomic mass is 35.5. The van der Waals surface area contributed by atoms with Crippen LogP contribution in [0.1, 0.15) is 23.6 Å². The van der Waals surface area contributed by atoms with Gasteiger partial charge in [-0.25, -0.2) is 0 Å². The number of halogens is 1. The van der Waals surface area contributed by atoms with Crippen molar-refractivity contribution in [3.05, 3.63) is 63.0 Å². The summed E-state index contributed by atoms with van der Waals surface area (Å²) in [6.45, 7) is 5.17. The fraction of sp³-hybridized carbons (Fsp3) is 0.304. The van der Waals surface area contributed by atoms with Gasteiger partial charge in [0.25, 0.3) is 11.1 Å². The Balaban J connectivity index is 1.83. The molecule has 2 amide bonds. The number of carbonyl (C=O) groups excluding carboxylic acids is 2. The van der Waals surface area contributed by atoms with Crippen molar-refractivity contribution in [2.24, 2.45) is 0 Å². The van der Waals surface area contributed by atoms with Gasteiger partial charge in [-0.3, -0.25) is 14.5 Å². The molecule has 1 aliphatic heterocycles. The molecule has 0 aromatic heterocycles. The molecular weight excluding hydrogens is 438 g/mol. The van der Waals surface area contributed by atoms with E-state index in [-0.39, 0.29) is 17.7 Å². The molecule has 164 valence electrons. The molecule has 1 fully saturated rings. The van der Waals surface area contributed by atoms with Gasteiger partial charge in [-0.05, 0) is 54.9 Å². The van der Waals surface area contributed by atoms with Crippen LogP contribution in [-0.4, -0.2) is 42.9 Å². The van der Waals surface area contributed by atoms with Crippen LogP contribution in [0, 0.1) is 6.92 Å². The number of ether oxygens (including phenoxy) is 3. The second kappa shape index (κ2) is 10.7. The summed E-state index contributed by atoms with van der Waals surface area (Å²) >= 11 is 7.39. The molecule has 1 aliphatic rings. The summed E-state index contributed by atoms with van der Waals surface area (Å²) in [7, 11) is 1.52. The molecule has 0 saturated carbocycles. The summed E-state index contributed by atoms with van der Waals surface area (Å²) < 4.78 is 16.7. The molecule has 2 aromatic rings. The highest BCUT2D eigenvalue weighted by molar-refractivity contribution is 8.18. The number of nitrogens with zero attached hydrogens (tertiary/aromatic N) is 1. The van der Waals surface area contributed by atoms with Crippen LogP contribution in [-0.2, 0) is 16.1 Å². The molecule has 0 bridgehead atoms. The van der Waals surface area contributed by atoms with Crippen LogP contribution in [0.15, 0.2) is 41.3 Å². The number of rotatable bonds is 9. The predicted molar refractivity (Wildman–Crippen MR) is 123 cm³/mol. The standard InChI is InChI=1S/C23H24ClNO5S/c1-4-29-19-12-17(13-20-22(26)25(8-9-28-3)23(27)31-20)11-18(24)21(19)30-14-16-7-5-6-15(2)10-16/h5-7,10-13H,4,8-9,14H2,1-3H3/b20-13+. The number of imide groups is 1. The molecule has 0 aliphatic carbocycles. The van der Waals surface area contributed by atoms with Gasteiger partial charge in [-0.15, -0.1) is 0 Å². The Morgan fingerprint density at radius 2 is 1.97 bits per heavy atom. The number of hydrogen-bond acceptors (Lipinski definition) is 6. The molecule has 0 atom stereocenters. The maximum absolute atomic E-state index is 12.5. The molecule has 0 unspecified atom stereocenters. The quantitative estimate of drug-likeness (QED) is 0.471. The van der Waals surface area contributed by atoms with Gasteiger partial charge in [-0.2, -0.15) is 0 Å². The van der Waals surface area contributed by atoms with E-state index < -0.39 is 0 Å². The Morgan fingerprint density at radius 1 is 1.16 bits per heavy atom. The fourth-order valence-corrected chi connectivity index (χ4v) is 4.20. The van der Waals surface area contributed by atoms with Gasteiger partial charge in [0.2, 0.25) is 0 Å². The minimum absolute atomic E-state index is 0.217. The van der Waals surface area contributed by atoms with Gasteiger partial charge in [0.15, 0.2) is 11.5 Å². The molecule has 8 heteroatoms. The van der Waals surface area contributed by atoms with Gasteiger partial charge >= 0.3 is 0 Å². The Labute approximate surface area is 191 Å². The lowest BCUT2D eigenvalue weighted by Gasteiger charge is -2.15. The summed E-state index contributed by atoms with van der Waals surface area (Å²) in [6.07, 6.45) is 1.64. The summed E-state index contributed by atoms with van der Waals surface area (Å²) in [5.41, 5.74) is 2.81. The Morgan fingerprint density at radius 3 is 2.68 bits per heavy atom. The van der Waals surface area contributed by atoms with E-state index in [0.29, 0.717) is 46.8 Å². The maximum Gasteiger partial charge on any atom is 0.293 e. The number of amides is 2. The average molecular weight is 462 g/mol. The van der Waals surface area contributed by atoms with Crippen molar-refractivity contribution in [1.29, 1.82) is 0 Å².